The number of hydrazine groups is 1. The van der Waals surface area contributed by atoms with E-state index in [2.05, 4.69) is 0 Å². The van der Waals surface area contributed by atoms with Crippen molar-refractivity contribution in [3.8, 4) is 0 Å². The van der Waals surface area contributed by atoms with E-state index < -0.39 is 0 Å². The lowest BCUT2D eigenvalue weighted by atomic mass is 10.2. The van der Waals surface area contributed by atoms with Gasteiger partial charge in [0, 0.05) is 10.0 Å². The highest BCUT2D eigenvalue weighted by atomic mass is 35.5. The molecule has 6 heteroatoms. The van der Waals surface area contributed by atoms with E-state index in [9.17, 15) is 0 Å². The molecule has 0 unspecified atom stereocenters. The van der Waals surface area contributed by atoms with Gasteiger partial charge in [0.2, 0.25) is 0 Å². The molecule has 4 N–H and O–H groups in total. The Bertz CT molecular complexity index is 356. The summed E-state index contributed by atoms with van der Waals surface area (Å²) in [6.45, 7) is 0.366. The van der Waals surface area contributed by atoms with Crippen LogP contribution in [0.2, 0.25) is 10.0 Å². The molecule has 0 radical (unpaired) electrons. The van der Waals surface area contributed by atoms with Gasteiger partial charge >= 0.3 is 0 Å². The van der Waals surface area contributed by atoms with Crippen LogP contribution in [0.25, 0.3) is 0 Å². The summed E-state index contributed by atoms with van der Waals surface area (Å²) in [5.41, 5.74) is 6.15. The van der Waals surface area contributed by atoms with Gasteiger partial charge < -0.3 is 5.73 Å². The first-order chi connectivity index (χ1) is 6.50. The molecule has 0 aliphatic heterocycles. The second-order valence-corrected chi connectivity index (χ2v) is 3.96. The average Bonchev–Trinajstić information content (AvgIpc) is 2.09. The van der Waals surface area contributed by atoms with Crippen molar-refractivity contribution >= 4 is 40.5 Å². The summed E-state index contributed by atoms with van der Waals surface area (Å²) >= 11 is 16.4. The molecule has 1 aromatic rings. The number of hydrogen-bond donors (Lipinski definition) is 2. The van der Waals surface area contributed by atoms with Crippen LogP contribution < -0.4 is 11.6 Å². The van der Waals surface area contributed by atoms with Crippen molar-refractivity contribution in [1.29, 1.82) is 0 Å². The zero-order valence-corrected chi connectivity index (χ0v) is 9.53. The molecule has 0 amide bonds. The Morgan fingerprint density at radius 3 is 2.57 bits per heavy atom. The number of benzene rings is 1. The number of thiocarbonyl (C=S) groups is 1. The number of halogens is 2. The minimum absolute atomic E-state index is 0.121. The molecular weight excluding hydrogens is 241 g/mol. The monoisotopic (exact) mass is 249 g/mol. The van der Waals surface area contributed by atoms with E-state index >= 15 is 0 Å². The van der Waals surface area contributed by atoms with Gasteiger partial charge in [-0.3, -0.25) is 5.01 Å². The predicted octanol–water partition coefficient (Wildman–Crippen LogP) is 1.91. The Kier molecular flexibility index (Phi) is 3.95. The minimum atomic E-state index is 0.121. The zero-order chi connectivity index (χ0) is 10.7. The van der Waals surface area contributed by atoms with Gasteiger partial charge in [-0.15, -0.1) is 0 Å². The summed E-state index contributed by atoms with van der Waals surface area (Å²) in [7, 11) is 0. The maximum atomic E-state index is 5.93. The first kappa shape index (κ1) is 11.5. The molecule has 0 saturated carbocycles. The zero-order valence-electron chi connectivity index (χ0n) is 7.21. The fraction of sp³-hybridized carbons (Fsp3) is 0.125. The molecule has 0 spiro atoms. The van der Waals surface area contributed by atoms with E-state index in [0.29, 0.717) is 16.6 Å². The van der Waals surface area contributed by atoms with Gasteiger partial charge in [-0.25, -0.2) is 5.84 Å². The topological polar surface area (TPSA) is 55.3 Å². The van der Waals surface area contributed by atoms with Crippen LogP contribution in [0, 0.1) is 0 Å². The largest absolute Gasteiger partial charge is 0.375 e. The molecule has 0 aliphatic rings. The molecule has 0 fully saturated rings. The standard InChI is InChI=1S/C8H9Cl2N3S/c9-6-2-1-5(7(10)3-6)4-13(12)8(11)14/h1-3H,4,12H2,(H2,11,14). The molecule has 1 aromatic carbocycles. The van der Waals surface area contributed by atoms with E-state index in [1.165, 1.54) is 5.01 Å². The molecule has 0 aromatic heterocycles. The summed E-state index contributed by atoms with van der Waals surface area (Å²) in [6.07, 6.45) is 0. The third kappa shape index (κ3) is 2.99. The van der Waals surface area contributed by atoms with Gasteiger partial charge in [0.15, 0.2) is 5.11 Å². The molecule has 0 heterocycles. The third-order valence-corrected chi connectivity index (χ3v) is 2.46. The van der Waals surface area contributed by atoms with Crippen molar-refractivity contribution < 1.29 is 0 Å². The van der Waals surface area contributed by atoms with Crippen molar-refractivity contribution in [2.75, 3.05) is 0 Å². The second-order valence-electron chi connectivity index (χ2n) is 2.70. The number of hydrogen-bond acceptors (Lipinski definition) is 2. The Morgan fingerprint density at radius 1 is 1.43 bits per heavy atom. The molecule has 0 saturated heterocycles. The highest BCUT2D eigenvalue weighted by Gasteiger charge is 2.06. The summed E-state index contributed by atoms with van der Waals surface area (Å²) in [5.74, 6) is 5.53. The fourth-order valence-electron chi connectivity index (χ4n) is 0.911. The van der Waals surface area contributed by atoms with E-state index in [-0.39, 0.29) is 5.11 Å². The number of rotatable bonds is 2. The molecule has 1 rings (SSSR count). The smallest absolute Gasteiger partial charge is 0.180 e. The van der Waals surface area contributed by atoms with Crippen LogP contribution in [0.15, 0.2) is 18.2 Å². The third-order valence-electron chi connectivity index (χ3n) is 1.64. The van der Waals surface area contributed by atoms with Crippen molar-refractivity contribution in [3.63, 3.8) is 0 Å². The Labute approximate surface area is 97.5 Å². The van der Waals surface area contributed by atoms with Crippen molar-refractivity contribution in [2.45, 2.75) is 6.54 Å². The van der Waals surface area contributed by atoms with Crippen LogP contribution in [0.3, 0.4) is 0 Å². The first-order valence-electron chi connectivity index (χ1n) is 3.76. The Hall–Kier alpha value is -0.550. The first-order valence-corrected chi connectivity index (χ1v) is 4.92. The van der Waals surface area contributed by atoms with Crippen LogP contribution >= 0.6 is 35.4 Å². The van der Waals surface area contributed by atoms with Crippen molar-refractivity contribution in [2.24, 2.45) is 11.6 Å². The average molecular weight is 250 g/mol. The summed E-state index contributed by atoms with van der Waals surface area (Å²) in [4.78, 5) is 0. The molecular formula is C8H9Cl2N3S. The summed E-state index contributed by atoms with van der Waals surface area (Å²) < 4.78 is 0. The van der Waals surface area contributed by atoms with Gasteiger partial charge in [0.1, 0.15) is 0 Å². The normalized spacial score (nSPS) is 9.93. The molecule has 14 heavy (non-hydrogen) atoms. The van der Waals surface area contributed by atoms with Gasteiger partial charge in [-0.1, -0.05) is 29.3 Å². The van der Waals surface area contributed by atoms with Gasteiger partial charge in [0.25, 0.3) is 0 Å². The maximum absolute atomic E-state index is 5.93. The second kappa shape index (κ2) is 4.79. The lowest BCUT2D eigenvalue weighted by Gasteiger charge is -2.16. The van der Waals surface area contributed by atoms with E-state index in [0.717, 1.165) is 5.56 Å². The van der Waals surface area contributed by atoms with Crippen LogP contribution in [-0.2, 0) is 6.54 Å². The molecule has 76 valence electrons. The molecule has 0 atom stereocenters. The summed E-state index contributed by atoms with van der Waals surface area (Å²) in [5, 5.41) is 2.49. The van der Waals surface area contributed by atoms with Crippen LogP contribution in [0.4, 0.5) is 0 Å². The highest BCUT2D eigenvalue weighted by molar-refractivity contribution is 7.80. The molecule has 3 nitrogen and oxygen atoms in total. The van der Waals surface area contributed by atoms with Crippen molar-refractivity contribution in [1.82, 2.24) is 5.01 Å². The minimum Gasteiger partial charge on any atom is -0.375 e. The number of nitrogens with two attached hydrogens (primary N) is 2. The highest BCUT2D eigenvalue weighted by Crippen LogP contribution is 2.21. The van der Waals surface area contributed by atoms with Gasteiger partial charge in [-0.2, -0.15) is 0 Å². The molecule has 0 aliphatic carbocycles. The van der Waals surface area contributed by atoms with Crippen LogP contribution in [0.5, 0.6) is 0 Å². The van der Waals surface area contributed by atoms with Crippen LogP contribution in [-0.4, -0.2) is 10.1 Å². The van der Waals surface area contributed by atoms with Crippen molar-refractivity contribution in [3.05, 3.63) is 33.8 Å². The fourth-order valence-corrected chi connectivity index (χ4v) is 1.44. The van der Waals surface area contributed by atoms with E-state index in [1.54, 1.807) is 18.2 Å². The van der Waals surface area contributed by atoms with Crippen LogP contribution in [0.1, 0.15) is 5.56 Å². The Morgan fingerprint density at radius 2 is 2.07 bits per heavy atom. The Balaban J connectivity index is 2.82. The lowest BCUT2D eigenvalue weighted by molar-refractivity contribution is 0.437. The van der Waals surface area contributed by atoms with E-state index in [1.807, 2.05) is 0 Å². The predicted molar refractivity (Wildman–Crippen MR) is 63.0 cm³/mol. The lowest BCUT2D eigenvalue weighted by Crippen LogP contribution is -2.40. The molecule has 0 bridgehead atoms. The van der Waals surface area contributed by atoms with E-state index in [4.69, 9.17) is 47.0 Å². The maximum Gasteiger partial charge on any atom is 0.180 e. The van der Waals surface area contributed by atoms with Gasteiger partial charge in [0.05, 0.1) is 6.54 Å². The SMILES string of the molecule is NC(=S)N(N)Cc1ccc(Cl)cc1Cl. The quantitative estimate of drug-likeness (QED) is 0.478. The number of nitrogens with zero attached hydrogens (tertiary/aromatic N) is 1. The van der Waals surface area contributed by atoms with Gasteiger partial charge in [-0.05, 0) is 29.9 Å². The summed E-state index contributed by atoms with van der Waals surface area (Å²) in [6, 6.07) is 5.16.